The summed E-state index contributed by atoms with van der Waals surface area (Å²) in [6.45, 7) is 11.0. The lowest BCUT2D eigenvalue weighted by molar-refractivity contribution is -0.804. The van der Waals surface area contributed by atoms with Crippen LogP contribution < -0.4 is 0 Å². The van der Waals surface area contributed by atoms with E-state index in [0.29, 0.717) is 17.8 Å². The van der Waals surface area contributed by atoms with Gasteiger partial charge in [0.1, 0.15) is 6.04 Å². The zero-order valence-corrected chi connectivity index (χ0v) is 21.6. The Labute approximate surface area is 197 Å². The highest BCUT2D eigenvalue weighted by Gasteiger charge is 2.66. The van der Waals surface area contributed by atoms with Gasteiger partial charge in [-0.05, 0) is 74.5 Å². The normalized spacial score (nSPS) is 43.3. The quantitative estimate of drug-likeness (QED) is 0.423. The Morgan fingerprint density at radius 2 is 1.66 bits per heavy atom. The number of quaternary nitrogens is 1. The number of urea groups is 1. The average Bonchev–Trinajstić information content (AvgIpc) is 3.18. The van der Waals surface area contributed by atoms with Gasteiger partial charge >= 0.3 is 11.9 Å². The van der Waals surface area contributed by atoms with Gasteiger partial charge in [0, 0.05) is 24.9 Å². The molecule has 3 aliphatic carbocycles. The summed E-state index contributed by atoms with van der Waals surface area (Å²) in [7, 11) is 2.00. The number of imide groups is 1. The van der Waals surface area contributed by atoms with Crippen LogP contribution in [0.4, 0.5) is 4.79 Å². The van der Waals surface area contributed by atoms with Gasteiger partial charge < -0.3 is 0 Å². The third kappa shape index (κ3) is 3.67. The molecule has 32 heavy (non-hydrogen) atoms. The second-order valence-electron chi connectivity index (χ2n) is 12.5. The summed E-state index contributed by atoms with van der Waals surface area (Å²) in [6.07, 6.45) is 14.9. The maximum Gasteiger partial charge on any atom is 0.426 e. The van der Waals surface area contributed by atoms with Crippen LogP contribution in [0.25, 0.3) is 0 Å². The topological polar surface area (TPSA) is 37.4 Å². The van der Waals surface area contributed by atoms with E-state index in [2.05, 4.69) is 32.6 Å². The van der Waals surface area contributed by atoms with E-state index < -0.39 is 0 Å². The van der Waals surface area contributed by atoms with Crippen LogP contribution in [0, 0.1) is 28.6 Å². The lowest BCUT2D eigenvalue weighted by Gasteiger charge is -2.61. The Morgan fingerprint density at radius 1 is 0.969 bits per heavy atom. The Morgan fingerprint density at radius 3 is 2.31 bits per heavy atom. The molecule has 182 valence electrons. The first-order valence-corrected chi connectivity index (χ1v) is 13.9. The minimum Gasteiger partial charge on any atom is -0.292 e. The van der Waals surface area contributed by atoms with Gasteiger partial charge in [-0.15, -0.1) is 0 Å². The van der Waals surface area contributed by atoms with Gasteiger partial charge in [-0.3, -0.25) is 4.90 Å². The van der Waals surface area contributed by atoms with Crippen LogP contribution in [0.3, 0.4) is 0 Å². The van der Waals surface area contributed by atoms with Crippen LogP contribution in [0.1, 0.15) is 111 Å². The summed E-state index contributed by atoms with van der Waals surface area (Å²) in [6, 6.07) is 0.266. The van der Waals surface area contributed by atoms with E-state index in [1.165, 1.54) is 38.5 Å². The van der Waals surface area contributed by atoms with Gasteiger partial charge in [-0.1, -0.05) is 47.0 Å². The van der Waals surface area contributed by atoms with E-state index in [1.807, 2.05) is 7.05 Å². The largest absolute Gasteiger partial charge is 0.426 e. The predicted molar refractivity (Wildman–Crippen MR) is 130 cm³/mol. The maximum atomic E-state index is 14.1. The molecule has 4 rings (SSSR count). The second kappa shape index (κ2) is 9.04. The van der Waals surface area contributed by atoms with Crippen molar-refractivity contribution in [3.05, 3.63) is 0 Å². The van der Waals surface area contributed by atoms with Crippen LogP contribution >= 0.6 is 0 Å². The van der Waals surface area contributed by atoms with Gasteiger partial charge in [0.2, 0.25) is 0 Å². The van der Waals surface area contributed by atoms with Crippen molar-refractivity contribution in [1.29, 1.82) is 0 Å². The lowest BCUT2D eigenvalue weighted by Crippen LogP contribution is -2.73. The highest BCUT2D eigenvalue weighted by Crippen LogP contribution is 2.65. The molecule has 1 saturated heterocycles. The highest BCUT2D eigenvalue weighted by molar-refractivity contribution is 5.84. The Bertz CT molecular complexity index is 714. The first-order valence-electron chi connectivity index (χ1n) is 13.9. The fourth-order valence-corrected chi connectivity index (χ4v) is 8.95. The van der Waals surface area contributed by atoms with Crippen molar-refractivity contribution in [2.24, 2.45) is 28.6 Å². The lowest BCUT2D eigenvalue weighted by atomic mass is 9.47. The minimum atomic E-state index is 0.0507. The molecule has 4 aliphatic rings. The van der Waals surface area contributed by atoms with E-state index >= 15 is 0 Å². The van der Waals surface area contributed by atoms with Crippen LogP contribution in [-0.4, -0.2) is 47.5 Å². The van der Waals surface area contributed by atoms with E-state index in [9.17, 15) is 9.59 Å². The molecule has 0 aromatic carbocycles. The zero-order chi connectivity index (χ0) is 23.1. The van der Waals surface area contributed by atoms with Crippen molar-refractivity contribution in [3.8, 4) is 0 Å². The molecule has 0 bridgehead atoms. The van der Waals surface area contributed by atoms with Crippen molar-refractivity contribution < 1.29 is 14.1 Å². The number of carbonyl (C=O) groups is 2. The molecule has 4 heteroatoms. The van der Waals surface area contributed by atoms with E-state index in [0.717, 1.165) is 63.5 Å². The summed E-state index contributed by atoms with van der Waals surface area (Å²) in [5.41, 5.74) is 0.673. The summed E-state index contributed by atoms with van der Waals surface area (Å²) < 4.78 is 0.0507. The molecule has 0 spiro atoms. The number of nitrogens with zero attached hydrogens (tertiary/aromatic N) is 2. The number of likely N-dealkylation sites (tertiary alicyclic amines) is 1. The molecule has 4 fully saturated rings. The molecule has 0 radical (unpaired) electrons. The van der Waals surface area contributed by atoms with Crippen molar-refractivity contribution in [2.45, 2.75) is 117 Å². The van der Waals surface area contributed by atoms with Crippen LogP contribution in [-0.2, 0) is 4.79 Å². The fraction of sp³-hybridized carbons (Fsp3) is 0.929. The number of hydrogen-bond acceptors (Lipinski definition) is 2. The van der Waals surface area contributed by atoms with Crippen LogP contribution in [0.15, 0.2) is 0 Å². The first-order chi connectivity index (χ1) is 15.2. The second-order valence-corrected chi connectivity index (χ2v) is 12.5. The number of amides is 3. The summed E-state index contributed by atoms with van der Waals surface area (Å²) in [4.78, 5) is 29.7. The number of rotatable bonds is 6. The molecule has 1 heterocycles. The van der Waals surface area contributed by atoms with Gasteiger partial charge in [0.05, 0.1) is 13.5 Å². The summed E-state index contributed by atoms with van der Waals surface area (Å²) >= 11 is 0. The molecule has 0 aromatic rings. The molecule has 1 aliphatic heterocycles. The van der Waals surface area contributed by atoms with Crippen molar-refractivity contribution in [2.75, 3.05) is 20.1 Å². The molecular weight excluding hydrogens is 396 g/mol. The molecule has 3 amide bonds. The minimum absolute atomic E-state index is 0.0507. The average molecular weight is 446 g/mol. The molecule has 1 unspecified atom stereocenters. The number of hydrogen-bond donors (Lipinski definition) is 0. The van der Waals surface area contributed by atoms with Gasteiger partial charge in [0.25, 0.3) is 0 Å². The number of unbranched alkanes of at least 4 members (excludes halogenated alkanes) is 2. The first kappa shape index (κ1) is 24.2. The van der Waals surface area contributed by atoms with Crippen LogP contribution in [0.5, 0.6) is 0 Å². The monoisotopic (exact) mass is 445 g/mol. The number of piperidine rings is 1. The third-order valence-electron chi connectivity index (χ3n) is 10.9. The van der Waals surface area contributed by atoms with Gasteiger partial charge in [0.15, 0.2) is 0 Å². The molecule has 0 N–H and O–H groups in total. The van der Waals surface area contributed by atoms with Crippen molar-refractivity contribution >= 4 is 11.9 Å². The third-order valence-corrected chi connectivity index (χ3v) is 10.9. The Kier molecular flexibility index (Phi) is 6.85. The van der Waals surface area contributed by atoms with Crippen LogP contribution in [0.2, 0.25) is 0 Å². The predicted octanol–water partition coefficient (Wildman–Crippen LogP) is 6.78. The Hall–Kier alpha value is -0.900. The smallest absolute Gasteiger partial charge is 0.292 e. The summed E-state index contributed by atoms with van der Waals surface area (Å²) in [5.74, 6) is 2.55. The molecule has 7 atom stereocenters. The Balaban J connectivity index is 1.63. The van der Waals surface area contributed by atoms with E-state index in [-0.39, 0.29) is 27.9 Å². The number of fused-ring (bicyclic) bond motifs is 5. The summed E-state index contributed by atoms with van der Waals surface area (Å²) in [5, 5.41) is 0. The fourth-order valence-electron chi connectivity index (χ4n) is 8.95. The van der Waals surface area contributed by atoms with Gasteiger partial charge in [-0.25, -0.2) is 9.59 Å². The maximum absolute atomic E-state index is 14.1. The zero-order valence-electron chi connectivity index (χ0n) is 21.6. The van der Waals surface area contributed by atoms with E-state index in [4.69, 9.17) is 0 Å². The molecule has 0 aromatic heterocycles. The van der Waals surface area contributed by atoms with Crippen molar-refractivity contribution in [1.82, 2.24) is 4.90 Å². The SMILES string of the molecule is CCCCN(CCCC)C(=O)[N+]1(C)C(=O)CC[C@@]2(C)[C@H]1CC[C@H]1[C@@H]3CCC[C@@]3(C)CC[C@@H]12. The standard InChI is InChI=1S/C28H49N2O2/c1-6-8-19-29(20-9-7-2)26(32)30(5)24-13-12-21-22-11-10-16-27(22,3)17-14-23(21)28(24,4)18-15-25(30)31/h21-24H,6-20H2,1-5H3/q+1/t21-,22-,23-,24+,27-,28+,30?/m0/s1. The molecular formula is C28H49N2O2+. The molecule has 4 nitrogen and oxygen atoms in total. The highest BCUT2D eigenvalue weighted by atomic mass is 16.2. The number of carbonyl (C=O) groups excluding carboxylic acids is 2. The van der Waals surface area contributed by atoms with Gasteiger partial charge in [-0.2, -0.15) is 4.48 Å². The molecule has 3 saturated carbocycles. The van der Waals surface area contributed by atoms with Crippen molar-refractivity contribution in [3.63, 3.8) is 0 Å². The van der Waals surface area contributed by atoms with E-state index in [1.54, 1.807) is 0 Å².